The van der Waals surface area contributed by atoms with Crippen molar-refractivity contribution in [2.45, 2.75) is 45.4 Å². The van der Waals surface area contributed by atoms with Gasteiger partial charge in [-0.1, -0.05) is 45.0 Å². The molecule has 0 spiro atoms. The Morgan fingerprint density at radius 2 is 1.69 bits per heavy atom. The largest absolute Gasteiger partial charge is 0.0645 e. The molecule has 0 N–H and O–H groups in total. The second-order valence-electron chi connectivity index (χ2n) is 3.62. The van der Waals surface area contributed by atoms with E-state index in [4.69, 9.17) is 0 Å². The van der Waals surface area contributed by atoms with Gasteiger partial charge in [0.15, 0.2) is 0 Å². The lowest BCUT2D eigenvalue weighted by atomic mass is 9.74. The fourth-order valence-electron chi connectivity index (χ4n) is 2.04. The standard InChI is InChI=1S/C13H19/c1-4-13(5-2,6-3)12-10-8-7-9-11-12/h7-10H,4-6H2,1-3H3. The minimum absolute atomic E-state index is 0.362. The Morgan fingerprint density at radius 3 is 2.08 bits per heavy atom. The monoisotopic (exact) mass is 175 g/mol. The maximum Gasteiger partial charge on any atom is -0.00487 e. The zero-order chi connectivity index (χ0) is 9.73. The average Bonchev–Trinajstić information content (AvgIpc) is 2.23. The molecule has 0 atom stereocenters. The van der Waals surface area contributed by atoms with Gasteiger partial charge >= 0.3 is 0 Å². The predicted octanol–water partition coefficient (Wildman–Crippen LogP) is 3.95. The summed E-state index contributed by atoms with van der Waals surface area (Å²) in [5.74, 6) is 0. The van der Waals surface area contributed by atoms with E-state index >= 15 is 0 Å². The summed E-state index contributed by atoms with van der Waals surface area (Å²) in [5.41, 5.74) is 1.74. The molecule has 13 heavy (non-hydrogen) atoms. The van der Waals surface area contributed by atoms with Gasteiger partial charge in [-0.25, -0.2) is 0 Å². The van der Waals surface area contributed by atoms with Crippen LogP contribution < -0.4 is 0 Å². The van der Waals surface area contributed by atoms with Crippen LogP contribution in [-0.4, -0.2) is 0 Å². The lowest BCUT2D eigenvalue weighted by Crippen LogP contribution is -2.23. The quantitative estimate of drug-likeness (QED) is 0.650. The van der Waals surface area contributed by atoms with Gasteiger partial charge in [0.1, 0.15) is 0 Å². The number of hydrogen-bond donors (Lipinski definition) is 0. The van der Waals surface area contributed by atoms with E-state index < -0.39 is 0 Å². The fraction of sp³-hybridized carbons (Fsp3) is 0.538. The second-order valence-corrected chi connectivity index (χ2v) is 3.62. The van der Waals surface area contributed by atoms with E-state index in [1.165, 1.54) is 24.8 Å². The third kappa shape index (κ3) is 1.93. The van der Waals surface area contributed by atoms with Crippen LogP contribution in [0.2, 0.25) is 0 Å². The molecule has 1 aromatic rings. The summed E-state index contributed by atoms with van der Waals surface area (Å²) in [7, 11) is 0. The highest BCUT2D eigenvalue weighted by Crippen LogP contribution is 2.34. The Bertz CT molecular complexity index is 223. The molecule has 0 unspecified atom stereocenters. The van der Waals surface area contributed by atoms with Crippen molar-refractivity contribution >= 4 is 0 Å². The summed E-state index contributed by atoms with van der Waals surface area (Å²) in [6.07, 6.45) is 3.63. The highest BCUT2D eigenvalue weighted by Gasteiger charge is 2.25. The van der Waals surface area contributed by atoms with E-state index in [1.807, 2.05) is 12.1 Å². The first-order valence-corrected chi connectivity index (χ1v) is 5.26. The lowest BCUT2D eigenvalue weighted by molar-refractivity contribution is 0.381. The van der Waals surface area contributed by atoms with Crippen LogP contribution in [0.3, 0.4) is 0 Å². The van der Waals surface area contributed by atoms with Crippen molar-refractivity contribution in [3.05, 3.63) is 35.9 Å². The molecule has 0 aliphatic carbocycles. The van der Waals surface area contributed by atoms with Gasteiger partial charge in [-0.05, 0) is 36.3 Å². The van der Waals surface area contributed by atoms with Crippen molar-refractivity contribution in [3.63, 3.8) is 0 Å². The molecular formula is C13H19. The Morgan fingerprint density at radius 1 is 1.08 bits per heavy atom. The van der Waals surface area contributed by atoms with Crippen molar-refractivity contribution in [2.75, 3.05) is 0 Å². The molecule has 0 aliphatic heterocycles. The molecule has 1 aromatic carbocycles. The van der Waals surface area contributed by atoms with Gasteiger partial charge in [0, 0.05) is 0 Å². The molecule has 0 saturated carbocycles. The van der Waals surface area contributed by atoms with Gasteiger partial charge in [-0.15, -0.1) is 0 Å². The molecule has 1 rings (SSSR count). The Kier molecular flexibility index (Phi) is 3.53. The number of hydrogen-bond acceptors (Lipinski definition) is 0. The van der Waals surface area contributed by atoms with Crippen molar-refractivity contribution in [1.29, 1.82) is 0 Å². The third-order valence-corrected chi connectivity index (χ3v) is 3.31. The molecule has 71 valence electrons. The summed E-state index contributed by atoms with van der Waals surface area (Å²) >= 11 is 0. The molecule has 0 fully saturated rings. The van der Waals surface area contributed by atoms with E-state index in [2.05, 4.69) is 39.0 Å². The minimum atomic E-state index is 0.362. The molecule has 0 heterocycles. The van der Waals surface area contributed by atoms with Gasteiger partial charge < -0.3 is 0 Å². The van der Waals surface area contributed by atoms with E-state index in [9.17, 15) is 0 Å². The van der Waals surface area contributed by atoms with Gasteiger partial charge in [-0.2, -0.15) is 0 Å². The molecule has 0 bridgehead atoms. The highest BCUT2D eigenvalue weighted by molar-refractivity contribution is 5.23. The predicted molar refractivity (Wildman–Crippen MR) is 57.8 cm³/mol. The van der Waals surface area contributed by atoms with Crippen LogP contribution in [0, 0.1) is 6.07 Å². The normalized spacial score (nSPS) is 11.6. The molecule has 0 nitrogen and oxygen atoms in total. The molecule has 0 heteroatoms. The van der Waals surface area contributed by atoms with E-state index in [-0.39, 0.29) is 0 Å². The van der Waals surface area contributed by atoms with Crippen molar-refractivity contribution < 1.29 is 0 Å². The third-order valence-electron chi connectivity index (χ3n) is 3.31. The van der Waals surface area contributed by atoms with Gasteiger partial charge in [0.2, 0.25) is 0 Å². The van der Waals surface area contributed by atoms with Gasteiger partial charge in [-0.3, -0.25) is 0 Å². The van der Waals surface area contributed by atoms with Crippen LogP contribution in [0.1, 0.15) is 45.6 Å². The van der Waals surface area contributed by atoms with E-state index in [0.717, 1.165) is 0 Å². The summed E-state index contributed by atoms with van der Waals surface area (Å²) in [6, 6.07) is 11.7. The molecule has 0 saturated heterocycles. The van der Waals surface area contributed by atoms with Crippen molar-refractivity contribution in [3.8, 4) is 0 Å². The smallest absolute Gasteiger partial charge is 0.00487 e. The maximum absolute atomic E-state index is 3.36. The molecule has 1 radical (unpaired) electrons. The van der Waals surface area contributed by atoms with Crippen molar-refractivity contribution in [1.82, 2.24) is 0 Å². The van der Waals surface area contributed by atoms with E-state index in [1.54, 1.807) is 0 Å². The first kappa shape index (κ1) is 10.3. The molecule has 0 aromatic heterocycles. The fourth-order valence-corrected chi connectivity index (χ4v) is 2.04. The molecular weight excluding hydrogens is 156 g/mol. The van der Waals surface area contributed by atoms with Crippen LogP contribution in [-0.2, 0) is 5.41 Å². The highest BCUT2D eigenvalue weighted by atomic mass is 14.3. The number of rotatable bonds is 4. The van der Waals surface area contributed by atoms with Crippen molar-refractivity contribution in [2.24, 2.45) is 0 Å². The Balaban J connectivity index is 3.01. The zero-order valence-corrected chi connectivity index (χ0v) is 8.93. The van der Waals surface area contributed by atoms with E-state index in [0.29, 0.717) is 5.41 Å². The first-order valence-electron chi connectivity index (χ1n) is 5.26. The lowest BCUT2D eigenvalue weighted by Gasteiger charge is -2.30. The molecule has 0 amide bonds. The zero-order valence-electron chi connectivity index (χ0n) is 8.93. The SMILES string of the molecule is CCC(CC)(CC)c1[c]cccc1. The Labute approximate surface area is 82.0 Å². The second kappa shape index (κ2) is 4.45. The number of benzene rings is 1. The van der Waals surface area contributed by atoms with Gasteiger partial charge in [0.25, 0.3) is 0 Å². The van der Waals surface area contributed by atoms with Crippen LogP contribution in [0.4, 0.5) is 0 Å². The summed E-state index contributed by atoms with van der Waals surface area (Å²) < 4.78 is 0. The Hall–Kier alpha value is -0.780. The maximum atomic E-state index is 3.36. The molecule has 0 aliphatic rings. The summed E-state index contributed by atoms with van der Waals surface area (Å²) in [6.45, 7) is 6.82. The first-order chi connectivity index (χ1) is 6.29. The topological polar surface area (TPSA) is 0 Å². The minimum Gasteiger partial charge on any atom is -0.0645 e. The summed E-state index contributed by atoms with van der Waals surface area (Å²) in [5, 5.41) is 0. The summed E-state index contributed by atoms with van der Waals surface area (Å²) in [4.78, 5) is 0. The van der Waals surface area contributed by atoms with Gasteiger partial charge in [0.05, 0.1) is 0 Å². The van der Waals surface area contributed by atoms with Crippen LogP contribution >= 0.6 is 0 Å². The van der Waals surface area contributed by atoms with Crippen LogP contribution in [0.15, 0.2) is 24.3 Å². The average molecular weight is 175 g/mol. The van der Waals surface area contributed by atoms with Crippen LogP contribution in [0.5, 0.6) is 0 Å². The van der Waals surface area contributed by atoms with Crippen LogP contribution in [0.25, 0.3) is 0 Å².